The van der Waals surface area contributed by atoms with Gasteiger partial charge in [-0.3, -0.25) is 14.5 Å². The van der Waals surface area contributed by atoms with Crippen molar-refractivity contribution in [1.29, 1.82) is 0 Å². The summed E-state index contributed by atoms with van der Waals surface area (Å²) in [4.78, 5) is 28.2. The lowest BCUT2D eigenvalue weighted by molar-refractivity contribution is -0.120. The van der Waals surface area contributed by atoms with Crippen molar-refractivity contribution in [2.75, 3.05) is 36.4 Å². The van der Waals surface area contributed by atoms with Crippen molar-refractivity contribution in [2.24, 2.45) is 0 Å². The third kappa shape index (κ3) is 5.05. The van der Waals surface area contributed by atoms with E-state index in [1.54, 1.807) is 12.1 Å². The second-order valence-corrected chi connectivity index (χ2v) is 8.19. The number of nitrogens with one attached hydrogen (secondary N) is 1. The Morgan fingerprint density at radius 2 is 1.60 bits per heavy atom. The van der Waals surface area contributed by atoms with Crippen LogP contribution in [0.5, 0.6) is 0 Å². The molecule has 1 amide bonds. The first-order valence-corrected chi connectivity index (χ1v) is 10.5. The molecule has 0 bridgehead atoms. The Labute approximate surface area is 177 Å². The molecule has 5 nitrogen and oxygen atoms in total. The fourth-order valence-electron chi connectivity index (χ4n) is 3.70. The highest BCUT2D eigenvalue weighted by molar-refractivity contribution is 5.95. The third-order valence-electron chi connectivity index (χ3n) is 5.78. The van der Waals surface area contributed by atoms with Crippen LogP contribution in [0.15, 0.2) is 42.5 Å². The fraction of sp³-hybridized carbons (Fsp3) is 0.417. The number of benzene rings is 2. The molecule has 160 valence electrons. The zero-order valence-corrected chi connectivity index (χ0v) is 18.1. The summed E-state index contributed by atoms with van der Waals surface area (Å²) in [5.74, 6) is -0.123. The average Bonchev–Trinajstić information content (AvgIpc) is 2.73. The van der Waals surface area contributed by atoms with Crippen molar-refractivity contribution in [2.45, 2.75) is 39.7 Å². The Morgan fingerprint density at radius 3 is 2.13 bits per heavy atom. The molecule has 1 heterocycles. The van der Waals surface area contributed by atoms with E-state index in [4.69, 9.17) is 0 Å². The normalized spacial score (nSPS) is 15.9. The number of piperazine rings is 1. The van der Waals surface area contributed by atoms with Gasteiger partial charge in [0.1, 0.15) is 5.82 Å². The Balaban J connectivity index is 1.56. The standard InChI is InChI=1S/C24H30FN3O2/c1-16(2)19-5-8-21(9-6-19)26-24(30)17(3)27-11-13-28(14-12-27)23-10-7-20(18(4)29)15-22(23)25/h5-10,15-17H,11-14H2,1-4H3,(H,26,30). The topological polar surface area (TPSA) is 52.7 Å². The van der Waals surface area contributed by atoms with Gasteiger partial charge in [-0.1, -0.05) is 26.0 Å². The van der Waals surface area contributed by atoms with Crippen LogP contribution in [0.1, 0.15) is 49.5 Å². The van der Waals surface area contributed by atoms with Gasteiger partial charge in [-0.25, -0.2) is 4.39 Å². The number of rotatable bonds is 6. The van der Waals surface area contributed by atoms with Crippen molar-refractivity contribution in [3.05, 3.63) is 59.4 Å². The summed E-state index contributed by atoms with van der Waals surface area (Å²) in [5.41, 5.74) is 2.91. The lowest BCUT2D eigenvalue weighted by Crippen LogP contribution is -2.53. The minimum absolute atomic E-state index is 0.0438. The zero-order chi connectivity index (χ0) is 21.8. The molecule has 0 spiro atoms. The highest BCUT2D eigenvalue weighted by Crippen LogP contribution is 2.23. The van der Waals surface area contributed by atoms with Gasteiger partial charge in [-0.2, -0.15) is 0 Å². The molecule has 1 aliphatic rings. The monoisotopic (exact) mass is 411 g/mol. The van der Waals surface area contributed by atoms with Gasteiger partial charge in [0.05, 0.1) is 11.7 Å². The third-order valence-corrected chi connectivity index (χ3v) is 5.78. The molecule has 1 unspecified atom stereocenters. The minimum Gasteiger partial charge on any atom is -0.367 e. The molecule has 1 N–H and O–H groups in total. The number of carbonyl (C=O) groups is 2. The van der Waals surface area contributed by atoms with Crippen molar-refractivity contribution >= 4 is 23.1 Å². The maximum absolute atomic E-state index is 14.4. The van der Waals surface area contributed by atoms with E-state index in [1.165, 1.54) is 18.6 Å². The summed E-state index contributed by atoms with van der Waals surface area (Å²) in [5, 5.41) is 2.99. The van der Waals surface area contributed by atoms with Crippen molar-refractivity contribution in [1.82, 2.24) is 4.90 Å². The number of carbonyl (C=O) groups excluding carboxylic acids is 2. The van der Waals surface area contributed by atoms with Gasteiger partial charge < -0.3 is 10.2 Å². The van der Waals surface area contributed by atoms with Gasteiger partial charge >= 0.3 is 0 Å². The van der Waals surface area contributed by atoms with E-state index in [0.29, 0.717) is 43.3 Å². The predicted octanol–water partition coefficient (Wildman–Crippen LogP) is 4.30. The number of ketones is 1. The number of Topliss-reactive ketones (excluding diaryl/α,β-unsaturated/α-hetero) is 1. The van der Waals surface area contributed by atoms with Gasteiger partial charge in [0, 0.05) is 37.4 Å². The molecule has 1 saturated heterocycles. The summed E-state index contributed by atoms with van der Waals surface area (Å²) in [6, 6.07) is 12.3. The number of amides is 1. The molecule has 1 atom stereocenters. The van der Waals surface area contributed by atoms with Crippen LogP contribution in [-0.2, 0) is 4.79 Å². The van der Waals surface area contributed by atoms with Crippen LogP contribution in [-0.4, -0.2) is 48.8 Å². The number of anilines is 2. The van der Waals surface area contributed by atoms with E-state index in [9.17, 15) is 14.0 Å². The van der Waals surface area contributed by atoms with E-state index in [0.717, 1.165) is 5.69 Å². The molecule has 3 rings (SSSR count). The second kappa shape index (κ2) is 9.39. The van der Waals surface area contributed by atoms with Crippen molar-refractivity contribution in [3.8, 4) is 0 Å². The number of nitrogens with zero attached hydrogens (tertiary/aromatic N) is 2. The summed E-state index contributed by atoms with van der Waals surface area (Å²) in [6.45, 7) is 10.2. The lowest BCUT2D eigenvalue weighted by atomic mass is 10.0. The molecule has 0 radical (unpaired) electrons. The first-order valence-electron chi connectivity index (χ1n) is 10.5. The van der Waals surface area contributed by atoms with Gasteiger partial charge in [0.2, 0.25) is 5.91 Å². The Kier molecular flexibility index (Phi) is 6.87. The summed E-state index contributed by atoms with van der Waals surface area (Å²) < 4.78 is 14.4. The van der Waals surface area contributed by atoms with Crippen LogP contribution in [0.3, 0.4) is 0 Å². The summed E-state index contributed by atoms with van der Waals surface area (Å²) in [7, 11) is 0. The van der Waals surface area contributed by atoms with Crippen LogP contribution < -0.4 is 10.2 Å². The first kappa shape index (κ1) is 22.0. The molecular formula is C24H30FN3O2. The van der Waals surface area contributed by atoms with Gasteiger partial charge in [-0.05, 0) is 55.7 Å². The molecule has 1 fully saturated rings. The smallest absolute Gasteiger partial charge is 0.241 e. The highest BCUT2D eigenvalue weighted by Gasteiger charge is 2.26. The Hall–Kier alpha value is -2.73. The molecule has 30 heavy (non-hydrogen) atoms. The highest BCUT2D eigenvalue weighted by atomic mass is 19.1. The predicted molar refractivity (Wildman–Crippen MR) is 119 cm³/mol. The van der Waals surface area contributed by atoms with E-state index in [2.05, 4.69) is 24.1 Å². The zero-order valence-electron chi connectivity index (χ0n) is 18.1. The molecule has 0 aromatic heterocycles. The molecular weight excluding hydrogens is 381 g/mol. The van der Waals surface area contributed by atoms with E-state index in [-0.39, 0.29) is 23.5 Å². The van der Waals surface area contributed by atoms with Crippen LogP contribution >= 0.6 is 0 Å². The number of hydrogen-bond donors (Lipinski definition) is 1. The molecule has 2 aromatic rings. The quantitative estimate of drug-likeness (QED) is 0.720. The van der Waals surface area contributed by atoms with Crippen LogP contribution in [0.4, 0.5) is 15.8 Å². The van der Waals surface area contributed by atoms with E-state index >= 15 is 0 Å². The SMILES string of the molecule is CC(=O)c1ccc(N2CCN(C(C)C(=O)Nc3ccc(C(C)C)cc3)CC2)c(F)c1. The summed E-state index contributed by atoms with van der Waals surface area (Å²) in [6.07, 6.45) is 0. The number of halogens is 1. The fourth-order valence-corrected chi connectivity index (χ4v) is 3.70. The van der Waals surface area contributed by atoms with E-state index < -0.39 is 0 Å². The van der Waals surface area contributed by atoms with Crippen LogP contribution in [0.25, 0.3) is 0 Å². The first-order chi connectivity index (χ1) is 14.3. The molecule has 0 saturated carbocycles. The van der Waals surface area contributed by atoms with Crippen LogP contribution in [0, 0.1) is 5.82 Å². The Morgan fingerprint density at radius 1 is 0.967 bits per heavy atom. The molecule has 0 aliphatic carbocycles. The minimum atomic E-state index is -0.383. The van der Waals surface area contributed by atoms with E-state index in [1.807, 2.05) is 36.1 Å². The average molecular weight is 412 g/mol. The van der Waals surface area contributed by atoms with Gasteiger partial charge in [0.15, 0.2) is 5.78 Å². The largest absolute Gasteiger partial charge is 0.367 e. The van der Waals surface area contributed by atoms with Gasteiger partial charge in [0.25, 0.3) is 0 Å². The van der Waals surface area contributed by atoms with Gasteiger partial charge in [-0.15, -0.1) is 0 Å². The van der Waals surface area contributed by atoms with Crippen molar-refractivity contribution in [3.63, 3.8) is 0 Å². The van der Waals surface area contributed by atoms with Crippen molar-refractivity contribution < 1.29 is 14.0 Å². The lowest BCUT2D eigenvalue weighted by Gasteiger charge is -2.38. The Bertz CT molecular complexity index is 903. The molecule has 1 aliphatic heterocycles. The molecule has 6 heteroatoms. The summed E-state index contributed by atoms with van der Waals surface area (Å²) >= 11 is 0. The number of hydrogen-bond acceptors (Lipinski definition) is 4. The maximum Gasteiger partial charge on any atom is 0.241 e. The molecule has 2 aromatic carbocycles. The second-order valence-electron chi connectivity index (χ2n) is 8.19. The maximum atomic E-state index is 14.4. The van der Waals surface area contributed by atoms with Crippen LogP contribution in [0.2, 0.25) is 0 Å².